The molecule has 4 heteroatoms. The minimum absolute atomic E-state index is 0.377. The van der Waals surface area contributed by atoms with Crippen LogP contribution in [-0.4, -0.2) is 21.4 Å². The van der Waals surface area contributed by atoms with E-state index in [4.69, 9.17) is 0 Å². The van der Waals surface area contributed by atoms with E-state index in [1.165, 1.54) is 4.90 Å². The van der Waals surface area contributed by atoms with Gasteiger partial charge in [0, 0.05) is 16.4 Å². The van der Waals surface area contributed by atoms with Crippen molar-refractivity contribution in [3.63, 3.8) is 0 Å². The van der Waals surface area contributed by atoms with Crippen LogP contribution in [0.3, 0.4) is 0 Å². The van der Waals surface area contributed by atoms with Gasteiger partial charge in [-0.2, -0.15) is 5.10 Å². The van der Waals surface area contributed by atoms with E-state index >= 15 is 0 Å². The van der Waals surface area contributed by atoms with E-state index in [0.29, 0.717) is 5.92 Å². The maximum Gasteiger partial charge on any atom is 0.182 e. The summed E-state index contributed by atoms with van der Waals surface area (Å²) in [6.07, 6.45) is 2.06. The molecule has 0 unspecified atom stereocenters. The Bertz CT molecular complexity index is 477. The van der Waals surface area contributed by atoms with Crippen molar-refractivity contribution in [3.8, 4) is 11.4 Å². The molecule has 1 aromatic carbocycles. The zero-order valence-electron chi connectivity index (χ0n) is 9.69. The molecule has 1 N–H and O–H groups in total. The van der Waals surface area contributed by atoms with Gasteiger partial charge in [0.1, 0.15) is 5.82 Å². The van der Waals surface area contributed by atoms with Crippen LogP contribution in [0.15, 0.2) is 29.2 Å². The number of hydrogen-bond donors (Lipinski definition) is 1. The maximum atomic E-state index is 4.51. The summed E-state index contributed by atoms with van der Waals surface area (Å²) < 4.78 is 0. The lowest BCUT2D eigenvalue weighted by atomic mass is 10.2. The van der Waals surface area contributed by atoms with Gasteiger partial charge in [-0.25, -0.2) is 4.98 Å². The van der Waals surface area contributed by atoms with Crippen molar-refractivity contribution in [2.45, 2.75) is 24.7 Å². The Labute approximate surface area is 99.7 Å². The zero-order chi connectivity index (χ0) is 11.5. The molecule has 0 aliphatic heterocycles. The highest BCUT2D eigenvalue weighted by atomic mass is 32.2. The molecule has 0 saturated heterocycles. The number of nitrogens with one attached hydrogen (secondary N) is 1. The average Bonchev–Trinajstić information content (AvgIpc) is 2.78. The molecule has 1 heterocycles. The van der Waals surface area contributed by atoms with Crippen molar-refractivity contribution in [1.82, 2.24) is 15.2 Å². The molecule has 3 nitrogen and oxygen atoms in total. The Hall–Kier alpha value is -1.29. The highest BCUT2D eigenvalue weighted by Gasteiger charge is 2.11. The summed E-state index contributed by atoms with van der Waals surface area (Å²) in [5, 5.41) is 7.25. The first-order valence-corrected chi connectivity index (χ1v) is 6.50. The van der Waals surface area contributed by atoms with Crippen molar-refractivity contribution in [2.75, 3.05) is 6.26 Å². The Morgan fingerprint density at radius 1 is 1.25 bits per heavy atom. The normalized spacial score (nSPS) is 11.0. The van der Waals surface area contributed by atoms with Crippen LogP contribution >= 0.6 is 11.8 Å². The Morgan fingerprint density at radius 3 is 2.62 bits per heavy atom. The molecule has 16 heavy (non-hydrogen) atoms. The van der Waals surface area contributed by atoms with E-state index < -0.39 is 0 Å². The third-order valence-electron chi connectivity index (χ3n) is 2.40. The van der Waals surface area contributed by atoms with E-state index in [2.05, 4.69) is 47.4 Å². The van der Waals surface area contributed by atoms with Gasteiger partial charge in [0.15, 0.2) is 5.82 Å². The van der Waals surface area contributed by atoms with Crippen LogP contribution in [0.4, 0.5) is 0 Å². The van der Waals surface area contributed by atoms with Gasteiger partial charge in [-0.1, -0.05) is 26.0 Å². The van der Waals surface area contributed by atoms with Crippen molar-refractivity contribution >= 4 is 11.8 Å². The molecule has 1 aromatic heterocycles. The molecular formula is C12H15N3S. The van der Waals surface area contributed by atoms with Gasteiger partial charge < -0.3 is 0 Å². The van der Waals surface area contributed by atoms with Gasteiger partial charge in [0.2, 0.25) is 0 Å². The van der Waals surface area contributed by atoms with Gasteiger partial charge in [-0.3, -0.25) is 5.10 Å². The van der Waals surface area contributed by atoms with Crippen LogP contribution in [0.25, 0.3) is 11.4 Å². The van der Waals surface area contributed by atoms with Crippen LogP contribution in [0.2, 0.25) is 0 Å². The Kier molecular flexibility index (Phi) is 3.29. The SMILES string of the molecule is CSc1ccccc1-c1n[nH]c(C(C)C)n1. The number of hydrogen-bond acceptors (Lipinski definition) is 3. The lowest BCUT2D eigenvalue weighted by Crippen LogP contribution is -1.89. The summed E-state index contributed by atoms with van der Waals surface area (Å²) in [5.74, 6) is 2.10. The molecule has 0 atom stereocenters. The van der Waals surface area contributed by atoms with E-state index in [0.717, 1.165) is 17.2 Å². The number of nitrogens with zero attached hydrogens (tertiary/aromatic N) is 2. The summed E-state index contributed by atoms with van der Waals surface area (Å²) in [6, 6.07) is 8.19. The molecule has 0 aliphatic carbocycles. The van der Waals surface area contributed by atoms with E-state index in [1.807, 2.05) is 12.1 Å². The van der Waals surface area contributed by atoms with Crippen LogP contribution in [0, 0.1) is 0 Å². The van der Waals surface area contributed by atoms with Crippen LogP contribution < -0.4 is 0 Å². The summed E-state index contributed by atoms with van der Waals surface area (Å²) >= 11 is 1.71. The van der Waals surface area contributed by atoms with Gasteiger partial charge in [-0.15, -0.1) is 11.8 Å². The van der Waals surface area contributed by atoms with Crippen LogP contribution in [0.5, 0.6) is 0 Å². The second kappa shape index (κ2) is 4.70. The van der Waals surface area contributed by atoms with Crippen molar-refractivity contribution in [1.29, 1.82) is 0 Å². The zero-order valence-corrected chi connectivity index (χ0v) is 10.5. The molecule has 0 aliphatic rings. The van der Waals surface area contributed by atoms with Gasteiger partial charge >= 0.3 is 0 Å². The third kappa shape index (κ3) is 2.11. The first kappa shape index (κ1) is 11.2. The summed E-state index contributed by atoms with van der Waals surface area (Å²) in [5.41, 5.74) is 1.10. The number of thioether (sulfide) groups is 1. The van der Waals surface area contributed by atoms with Gasteiger partial charge in [0.25, 0.3) is 0 Å². The number of aromatic nitrogens is 3. The minimum atomic E-state index is 0.377. The van der Waals surface area contributed by atoms with Crippen molar-refractivity contribution in [2.24, 2.45) is 0 Å². The molecule has 0 fully saturated rings. The number of aromatic amines is 1. The Morgan fingerprint density at radius 2 is 2.00 bits per heavy atom. The fraction of sp³-hybridized carbons (Fsp3) is 0.333. The second-order valence-corrected chi connectivity index (χ2v) is 4.75. The molecule has 0 saturated carbocycles. The monoisotopic (exact) mass is 233 g/mol. The largest absolute Gasteiger partial charge is 0.262 e. The van der Waals surface area contributed by atoms with Crippen LogP contribution in [0.1, 0.15) is 25.6 Å². The molecule has 84 valence electrons. The van der Waals surface area contributed by atoms with Gasteiger partial charge in [0.05, 0.1) is 0 Å². The lowest BCUT2D eigenvalue weighted by molar-refractivity contribution is 0.781. The second-order valence-electron chi connectivity index (χ2n) is 3.90. The summed E-state index contributed by atoms with van der Waals surface area (Å²) in [4.78, 5) is 5.71. The third-order valence-corrected chi connectivity index (χ3v) is 3.19. The number of rotatable bonds is 3. The standard InChI is InChI=1S/C12H15N3S/c1-8(2)11-13-12(15-14-11)9-6-4-5-7-10(9)16-3/h4-8H,1-3H3,(H,13,14,15). The highest BCUT2D eigenvalue weighted by molar-refractivity contribution is 7.98. The molecule has 0 amide bonds. The Balaban J connectivity index is 2.42. The fourth-order valence-electron chi connectivity index (χ4n) is 1.48. The molecule has 0 spiro atoms. The first-order valence-electron chi connectivity index (χ1n) is 5.28. The smallest absolute Gasteiger partial charge is 0.182 e. The van der Waals surface area contributed by atoms with E-state index in [-0.39, 0.29) is 0 Å². The fourth-order valence-corrected chi connectivity index (χ4v) is 2.08. The molecule has 0 bridgehead atoms. The van der Waals surface area contributed by atoms with Crippen molar-refractivity contribution < 1.29 is 0 Å². The predicted molar refractivity (Wildman–Crippen MR) is 67.7 cm³/mol. The quantitative estimate of drug-likeness (QED) is 0.827. The summed E-state index contributed by atoms with van der Waals surface area (Å²) in [6.45, 7) is 4.20. The van der Waals surface area contributed by atoms with Crippen molar-refractivity contribution in [3.05, 3.63) is 30.1 Å². The minimum Gasteiger partial charge on any atom is -0.262 e. The average molecular weight is 233 g/mol. The number of H-pyrrole nitrogens is 1. The molecule has 0 radical (unpaired) electrons. The van der Waals surface area contributed by atoms with E-state index in [9.17, 15) is 0 Å². The highest BCUT2D eigenvalue weighted by Crippen LogP contribution is 2.27. The molecule has 2 rings (SSSR count). The van der Waals surface area contributed by atoms with E-state index in [1.54, 1.807) is 11.8 Å². The summed E-state index contributed by atoms with van der Waals surface area (Å²) in [7, 11) is 0. The van der Waals surface area contributed by atoms with Crippen LogP contribution in [-0.2, 0) is 0 Å². The molecular weight excluding hydrogens is 218 g/mol. The maximum absolute atomic E-state index is 4.51. The molecule has 2 aromatic rings. The first-order chi connectivity index (χ1) is 7.72. The van der Waals surface area contributed by atoms with Gasteiger partial charge in [-0.05, 0) is 18.4 Å². The predicted octanol–water partition coefficient (Wildman–Crippen LogP) is 3.32. The topological polar surface area (TPSA) is 41.6 Å². The lowest BCUT2D eigenvalue weighted by Gasteiger charge is -2.02. The number of benzene rings is 1.